The number of hydrogen-bond donors (Lipinski definition) is 0. The molecule has 0 aromatic carbocycles. The van der Waals surface area contributed by atoms with E-state index in [4.69, 9.17) is 0 Å². The standard InChI is InChI=1S/C11H15N5O/c1-4-5-16-10(7-12-14-16)11(17)9-6-8(2)13-15(9)3/h6-7H,4-5H2,1-3H3. The molecule has 2 aromatic rings. The topological polar surface area (TPSA) is 65.6 Å². The van der Waals surface area contributed by atoms with E-state index in [2.05, 4.69) is 15.4 Å². The molecule has 0 unspecified atom stereocenters. The van der Waals surface area contributed by atoms with Crippen molar-refractivity contribution < 1.29 is 4.79 Å². The van der Waals surface area contributed by atoms with Crippen LogP contribution in [0.4, 0.5) is 0 Å². The smallest absolute Gasteiger partial charge is 0.230 e. The summed E-state index contributed by atoms with van der Waals surface area (Å²) in [6.07, 6.45) is 2.41. The largest absolute Gasteiger partial charge is 0.285 e. The fourth-order valence-corrected chi connectivity index (χ4v) is 1.76. The van der Waals surface area contributed by atoms with Gasteiger partial charge in [0.1, 0.15) is 11.4 Å². The van der Waals surface area contributed by atoms with Gasteiger partial charge >= 0.3 is 0 Å². The molecule has 0 aliphatic rings. The molecule has 0 bridgehead atoms. The van der Waals surface area contributed by atoms with Crippen LogP contribution in [-0.2, 0) is 13.6 Å². The third-order valence-corrected chi connectivity index (χ3v) is 2.52. The Hall–Kier alpha value is -1.98. The summed E-state index contributed by atoms with van der Waals surface area (Å²) in [6.45, 7) is 4.58. The highest BCUT2D eigenvalue weighted by atomic mass is 16.1. The summed E-state index contributed by atoms with van der Waals surface area (Å²) in [6, 6.07) is 1.77. The summed E-state index contributed by atoms with van der Waals surface area (Å²) >= 11 is 0. The molecule has 17 heavy (non-hydrogen) atoms. The van der Waals surface area contributed by atoms with E-state index in [0.29, 0.717) is 17.9 Å². The molecule has 0 radical (unpaired) electrons. The Kier molecular flexibility index (Phi) is 3.03. The zero-order chi connectivity index (χ0) is 12.4. The number of ketones is 1. The van der Waals surface area contributed by atoms with E-state index in [9.17, 15) is 4.79 Å². The molecule has 0 saturated heterocycles. The zero-order valence-corrected chi connectivity index (χ0v) is 10.2. The van der Waals surface area contributed by atoms with Crippen molar-refractivity contribution >= 4 is 5.78 Å². The van der Waals surface area contributed by atoms with Crippen LogP contribution in [0.2, 0.25) is 0 Å². The van der Waals surface area contributed by atoms with E-state index in [1.165, 1.54) is 6.20 Å². The Morgan fingerprint density at radius 1 is 1.41 bits per heavy atom. The van der Waals surface area contributed by atoms with Gasteiger partial charge in [0.15, 0.2) is 0 Å². The Morgan fingerprint density at radius 3 is 2.76 bits per heavy atom. The van der Waals surface area contributed by atoms with E-state index < -0.39 is 0 Å². The minimum atomic E-state index is -0.0912. The van der Waals surface area contributed by atoms with Crippen LogP contribution < -0.4 is 0 Å². The second-order valence-electron chi connectivity index (χ2n) is 3.97. The van der Waals surface area contributed by atoms with Crippen LogP contribution in [0.1, 0.15) is 35.2 Å². The molecule has 90 valence electrons. The number of aryl methyl sites for hydroxylation is 3. The fraction of sp³-hybridized carbons (Fsp3) is 0.455. The molecule has 2 heterocycles. The zero-order valence-electron chi connectivity index (χ0n) is 10.2. The molecule has 0 N–H and O–H groups in total. The van der Waals surface area contributed by atoms with Crippen LogP contribution in [0.15, 0.2) is 12.3 Å². The van der Waals surface area contributed by atoms with Crippen LogP contribution in [0.5, 0.6) is 0 Å². The molecular formula is C11H15N5O. The third-order valence-electron chi connectivity index (χ3n) is 2.52. The molecule has 6 nitrogen and oxygen atoms in total. The Bertz CT molecular complexity index is 540. The van der Waals surface area contributed by atoms with Crippen LogP contribution in [0.3, 0.4) is 0 Å². The minimum absolute atomic E-state index is 0.0912. The molecule has 2 aromatic heterocycles. The van der Waals surface area contributed by atoms with E-state index in [-0.39, 0.29) is 5.78 Å². The molecule has 0 aliphatic carbocycles. The maximum atomic E-state index is 12.3. The number of carbonyl (C=O) groups is 1. The highest BCUT2D eigenvalue weighted by Crippen LogP contribution is 2.09. The Balaban J connectivity index is 2.37. The first-order valence-electron chi connectivity index (χ1n) is 5.57. The summed E-state index contributed by atoms with van der Waals surface area (Å²) in [7, 11) is 1.76. The first-order valence-corrected chi connectivity index (χ1v) is 5.57. The van der Waals surface area contributed by atoms with Gasteiger partial charge in [-0.2, -0.15) is 5.10 Å². The van der Waals surface area contributed by atoms with Gasteiger partial charge in [-0.3, -0.25) is 9.48 Å². The Morgan fingerprint density at radius 2 is 2.18 bits per heavy atom. The quantitative estimate of drug-likeness (QED) is 0.738. The van der Waals surface area contributed by atoms with Gasteiger partial charge in [0.05, 0.1) is 11.9 Å². The predicted molar refractivity (Wildman–Crippen MR) is 61.7 cm³/mol. The lowest BCUT2D eigenvalue weighted by atomic mass is 10.2. The van der Waals surface area contributed by atoms with Crippen molar-refractivity contribution in [1.82, 2.24) is 24.8 Å². The van der Waals surface area contributed by atoms with Gasteiger partial charge in [0.2, 0.25) is 5.78 Å². The molecule has 0 saturated carbocycles. The minimum Gasteiger partial charge on any atom is -0.285 e. The summed E-state index contributed by atoms with van der Waals surface area (Å²) in [5, 5.41) is 11.9. The van der Waals surface area contributed by atoms with Crippen LogP contribution in [-0.4, -0.2) is 30.6 Å². The molecule has 0 amide bonds. The number of carbonyl (C=O) groups excluding carboxylic acids is 1. The van der Waals surface area contributed by atoms with Crippen LogP contribution >= 0.6 is 0 Å². The SMILES string of the molecule is CCCn1nncc1C(=O)c1cc(C)nn1C. The van der Waals surface area contributed by atoms with Gasteiger partial charge in [-0.25, -0.2) is 4.68 Å². The maximum Gasteiger partial charge on any atom is 0.230 e. The van der Waals surface area contributed by atoms with Crippen LogP contribution in [0.25, 0.3) is 0 Å². The summed E-state index contributed by atoms with van der Waals surface area (Å²) in [5.74, 6) is -0.0912. The van der Waals surface area contributed by atoms with Gasteiger partial charge in [0, 0.05) is 13.6 Å². The van der Waals surface area contributed by atoms with E-state index >= 15 is 0 Å². The van der Waals surface area contributed by atoms with Gasteiger partial charge < -0.3 is 0 Å². The average Bonchev–Trinajstić information content (AvgIpc) is 2.85. The van der Waals surface area contributed by atoms with Crippen molar-refractivity contribution in [2.24, 2.45) is 7.05 Å². The third kappa shape index (κ3) is 2.11. The molecule has 0 aliphatic heterocycles. The second-order valence-corrected chi connectivity index (χ2v) is 3.97. The maximum absolute atomic E-state index is 12.3. The predicted octanol–water partition coefficient (Wildman–Crippen LogP) is 0.961. The number of rotatable bonds is 4. The van der Waals surface area contributed by atoms with E-state index in [0.717, 1.165) is 12.1 Å². The lowest BCUT2D eigenvalue weighted by molar-refractivity contribution is 0.102. The first kappa shape index (κ1) is 11.5. The first-order chi connectivity index (χ1) is 8.13. The van der Waals surface area contributed by atoms with Crippen molar-refractivity contribution in [3.63, 3.8) is 0 Å². The molecule has 6 heteroatoms. The number of nitrogens with zero attached hydrogens (tertiary/aromatic N) is 5. The molecule has 0 atom stereocenters. The summed E-state index contributed by atoms with van der Waals surface area (Å²) in [4.78, 5) is 12.3. The van der Waals surface area contributed by atoms with Crippen molar-refractivity contribution in [3.8, 4) is 0 Å². The highest BCUT2D eigenvalue weighted by molar-refractivity contribution is 6.06. The summed E-state index contributed by atoms with van der Waals surface area (Å²) < 4.78 is 3.21. The number of hydrogen-bond acceptors (Lipinski definition) is 4. The highest BCUT2D eigenvalue weighted by Gasteiger charge is 2.18. The number of aromatic nitrogens is 5. The Labute approximate surface area is 99.2 Å². The van der Waals surface area contributed by atoms with E-state index in [1.54, 1.807) is 22.5 Å². The molecular weight excluding hydrogens is 218 g/mol. The summed E-state index contributed by atoms with van der Waals surface area (Å²) in [5.41, 5.74) is 1.89. The normalized spacial score (nSPS) is 10.8. The van der Waals surface area contributed by atoms with Crippen molar-refractivity contribution in [1.29, 1.82) is 0 Å². The lowest BCUT2D eigenvalue weighted by Crippen LogP contribution is -2.14. The van der Waals surface area contributed by atoms with E-state index in [1.807, 2.05) is 13.8 Å². The van der Waals surface area contributed by atoms with Crippen molar-refractivity contribution in [2.75, 3.05) is 0 Å². The van der Waals surface area contributed by atoms with Gasteiger partial charge in [-0.15, -0.1) is 5.10 Å². The average molecular weight is 233 g/mol. The van der Waals surface area contributed by atoms with Gasteiger partial charge in [-0.05, 0) is 19.4 Å². The van der Waals surface area contributed by atoms with Crippen molar-refractivity contribution in [2.45, 2.75) is 26.8 Å². The monoisotopic (exact) mass is 233 g/mol. The van der Waals surface area contributed by atoms with Gasteiger partial charge in [0.25, 0.3) is 0 Å². The molecule has 0 fully saturated rings. The fourth-order valence-electron chi connectivity index (χ4n) is 1.76. The van der Waals surface area contributed by atoms with Gasteiger partial charge in [-0.1, -0.05) is 12.1 Å². The van der Waals surface area contributed by atoms with Crippen LogP contribution in [0, 0.1) is 6.92 Å². The molecule has 2 rings (SSSR count). The van der Waals surface area contributed by atoms with Crippen molar-refractivity contribution in [3.05, 3.63) is 29.3 Å². The second kappa shape index (κ2) is 4.48. The lowest BCUT2D eigenvalue weighted by Gasteiger charge is -2.03. The molecule has 0 spiro atoms.